The molecular weight excluding hydrogens is 214 g/mol. The molecule has 0 N–H and O–H groups in total. The summed E-state index contributed by atoms with van der Waals surface area (Å²) in [6.07, 6.45) is 6.13. The van der Waals surface area contributed by atoms with Gasteiger partial charge >= 0.3 is 0 Å². The summed E-state index contributed by atoms with van der Waals surface area (Å²) >= 11 is 0. The fourth-order valence-corrected chi connectivity index (χ4v) is 1.95. The first-order valence-electron chi connectivity index (χ1n) is 6.30. The molecule has 92 valence electrons. The second-order valence-electron chi connectivity index (χ2n) is 4.47. The number of hydrogen-bond donors (Lipinski definition) is 0. The number of carbonyl (C=O) groups excluding carboxylic acids is 1. The van der Waals surface area contributed by atoms with Crippen LogP contribution in [-0.4, -0.2) is 24.1 Å². The third-order valence-electron chi connectivity index (χ3n) is 3.23. The molecule has 0 heterocycles. The number of nitrogens with zero attached hydrogens (tertiary/aromatic N) is 1. The number of amides is 1. The Balaban J connectivity index is 1.63. The minimum absolute atomic E-state index is 0.323. The quantitative estimate of drug-likeness (QED) is 0.411. The van der Waals surface area contributed by atoms with Crippen molar-refractivity contribution in [1.29, 1.82) is 0 Å². The average Bonchev–Trinajstić information content (AvgIpc) is 2.32. The van der Waals surface area contributed by atoms with Gasteiger partial charge in [0.05, 0.1) is 12.6 Å². The van der Waals surface area contributed by atoms with Gasteiger partial charge in [0.1, 0.15) is 0 Å². The van der Waals surface area contributed by atoms with Crippen molar-refractivity contribution in [3.63, 3.8) is 0 Å². The predicted molar refractivity (Wildman–Crippen MR) is 66.3 cm³/mol. The third kappa shape index (κ3) is 3.56. The highest BCUT2D eigenvalue weighted by Crippen LogP contribution is 2.23. The van der Waals surface area contributed by atoms with Gasteiger partial charge in [-0.15, -0.1) is 0 Å². The first kappa shape index (κ1) is 12.1. The molecule has 1 fully saturated rings. The summed E-state index contributed by atoms with van der Waals surface area (Å²) < 4.78 is 0. The summed E-state index contributed by atoms with van der Waals surface area (Å²) in [5.74, 6) is 0. The summed E-state index contributed by atoms with van der Waals surface area (Å²) in [6.45, 7) is 0.615. The summed E-state index contributed by atoms with van der Waals surface area (Å²) in [4.78, 5) is 16.3. The molecule has 0 atom stereocenters. The highest BCUT2D eigenvalue weighted by atomic mass is 16.7. The molecule has 3 heteroatoms. The van der Waals surface area contributed by atoms with Crippen molar-refractivity contribution in [3.8, 4) is 0 Å². The van der Waals surface area contributed by atoms with Crippen molar-refractivity contribution >= 4 is 6.41 Å². The molecule has 1 amide bonds. The number of rotatable bonds is 7. The standard InChI is InChI=1S/C14H19NO2/c16-12-15(14-9-4-10-14)17-11-5-8-13-6-2-1-3-7-13/h1-3,6-7,12,14H,4-5,8-11H2. The Morgan fingerprint density at radius 1 is 1.29 bits per heavy atom. The lowest BCUT2D eigenvalue weighted by Gasteiger charge is -2.33. The van der Waals surface area contributed by atoms with Crippen LogP contribution in [0, 0.1) is 0 Å². The van der Waals surface area contributed by atoms with E-state index in [1.165, 1.54) is 17.0 Å². The molecule has 0 aliphatic heterocycles. The molecule has 0 bridgehead atoms. The molecule has 0 radical (unpaired) electrons. The van der Waals surface area contributed by atoms with Crippen LogP contribution >= 0.6 is 0 Å². The molecule has 3 nitrogen and oxygen atoms in total. The van der Waals surface area contributed by atoms with Gasteiger partial charge in [0, 0.05) is 0 Å². The van der Waals surface area contributed by atoms with Crippen LogP contribution in [0.1, 0.15) is 31.2 Å². The lowest BCUT2D eigenvalue weighted by molar-refractivity contribution is -0.195. The molecule has 1 saturated carbocycles. The Labute approximate surface area is 102 Å². The highest BCUT2D eigenvalue weighted by Gasteiger charge is 2.24. The van der Waals surface area contributed by atoms with Crippen molar-refractivity contribution in [3.05, 3.63) is 35.9 Å². The van der Waals surface area contributed by atoms with Crippen molar-refractivity contribution in [1.82, 2.24) is 5.06 Å². The van der Waals surface area contributed by atoms with E-state index in [0.717, 1.165) is 32.1 Å². The molecule has 0 spiro atoms. The van der Waals surface area contributed by atoms with Crippen molar-refractivity contribution < 1.29 is 9.63 Å². The first-order valence-corrected chi connectivity index (χ1v) is 6.30. The first-order chi connectivity index (χ1) is 8.40. The Morgan fingerprint density at radius 3 is 2.65 bits per heavy atom. The molecule has 17 heavy (non-hydrogen) atoms. The monoisotopic (exact) mass is 233 g/mol. The Morgan fingerprint density at radius 2 is 2.06 bits per heavy atom. The number of hydroxylamine groups is 2. The number of carbonyl (C=O) groups is 1. The van der Waals surface area contributed by atoms with Crippen LogP contribution in [0.4, 0.5) is 0 Å². The van der Waals surface area contributed by atoms with E-state index in [0.29, 0.717) is 12.6 Å². The van der Waals surface area contributed by atoms with E-state index in [9.17, 15) is 4.79 Å². The molecule has 1 aromatic rings. The zero-order valence-corrected chi connectivity index (χ0v) is 10.0. The fraction of sp³-hybridized carbons (Fsp3) is 0.500. The molecule has 0 unspecified atom stereocenters. The minimum Gasteiger partial charge on any atom is -0.276 e. The van der Waals surface area contributed by atoms with Crippen LogP contribution in [0.15, 0.2) is 30.3 Å². The molecule has 1 aliphatic rings. The van der Waals surface area contributed by atoms with Crippen LogP contribution in [0.2, 0.25) is 0 Å². The van der Waals surface area contributed by atoms with E-state index in [1.807, 2.05) is 18.2 Å². The summed E-state index contributed by atoms with van der Waals surface area (Å²) in [7, 11) is 0. The van der Waals surface area contributed by atoms with E-state index in [1.54, 1.807) is 0 Å². The van der Waals surface area contributed by atoms with Gasteiger partial charge in [-0.2, -0.15) is 0 Å². The molecular formula is C14H19NO2. The van der Waals surface area contributed by atoms with Gasteiger partial charge in [0.2, 0.25) is 6.41 Å². The van der Waals surface area contributed by atoms with Gasteiger partial charge in [-0.25, -0.2) is 5.06 Å². The molecule has 1 aromatic carbocycles. The average molecular weight is 233 g/mol. The van der Waals surface area contributed by atoms with Gasteiger partial charge < -0.3 is 0 Å². The number of hydrogen-bond acceptors (Lipinski definition) is 2. The van der Waals surface area contributed by atoms with E-state index in [-0.39, 0.29) is 0 Å². The van der Waals surface area contributed by atoms with E-state index < -0.39 is 0 Å². The topological polar surface area (TPSA) is 29.5 Å². The fourth-order valence-electron chi connectivity index (χ4n) is 1.95. The van der Waals surface area contributed by atoms with E-state index in [2.05, 4.69) is 12.1 Å². The smallest absolute Gasteiger partial charge is 0.233 e. The normalized spacial score (nSPS) is 15.3. The van der Waals surface area contributed by atoms with Crippen LogP contribution in [0.5, 0.6) is 0 Å². The zero-order valence-electron chi connectivity index (χ0n) is 10.0. The van der Waals surface area contributed by atoms with Gasteiger partial charge in [0.15, 0.2) is 0 Å². The van der Waals surface area contributed by atoms with Gasteiger partial charge in [-0.1, -0.05) is 30.3 Å². The second-order valence-corrected chi connectivity index (χ2v) is 4.47. The highest BCUT2D eigenvalue weighted by molar-refractivity contribution is 5.46. The number of benzene rings is 1. The maximum absolute atomic E-state index is 10.8. The molecule has 2 rings (SSSR count). The van der Waals surface area contributed by atoms with Crippen molar-refractivity contribution in [2.75, 3.05) is 6.61 Å². The maximum atomic E-state index is 10.8. The molecule has 0 saturated heterocycles. The van der Waals surface area contributed by atoms with E-state index >= 15 is 0 Å². The zero-order chi connectivity index (χ0) is 11.9. The van der Waals surface area contributed by atoms with Crippen LogP contribution in [0.25, 0.3) is 0 Å². The van der Waals surface area contributed by atoms with Crippen molar-refractivity contribution in [2.24, 2.45) is 0 Å². The molecule has 0 aromatic heterocycles. The van der Waals surface area contributed by atoms with Crippen LogP contribution in [0.3, 0.4) is 0 Å². The Bertz CT molecular complexity index is 335. The molecule has 1 aliphatic carbocycles. The minimum atomic E-state index is 0.323. The van der Waals surface area contributed by atoms with Crippen molar-refractivity contribution in [2.45, 2.75) is 38.1 Å². The lowest BCUT2D eigenvalue weighted by atomic mass is 9.93. The van der Waals surface area contributed by atoms with Crippen LogP contribution in [-0.2, 0) is 16.1 Å². The summed E-state index contributed by atoms with van der Waals surface area (Å²) in [5.41, 5.74) is 1.32. The maximum Gasteiger partial charge on any atom is 0.233 e. The van der Waals surface area contributed by atoms with Gasteiger partial charge in [0.25, 0.3) is 0 Å². The second kappa shape index (κ2) is 6.40. The van der Waals surface area contributed by atoms with Gasteiger partial charge in [-0.3, -0.25) is 9.63 Å². The predicted octanol–water partition coefficient (Wildman–Crippen LogP) is 2.56. The Hall–Kier alpha value is -1.35. The lowest BCUT2D eigenvalue weighted by Crippen LogP contribution is -2.39. The number of aryl methyl sites for hydroxylation is 1. The van der Waals surface area contributed by atoms with E-state index in [4.69, 9.17) is 4.84 Å². The largest absolute Gasteiger partial charge is 0.276 e. The Kier molecular flexibility index (Phi) is 4.56. The third-order valence-corrected chi connectivity index (χ3v) is 3.23. The summed E-state index contributed by atoms with van der Waals surface area (Å²) in [5, 5.41) is 1.49. The summed E-state index contributed by atoms with van der Waals surface area (Å²) in [6, 6.07) is 10.7. The van der Waals surface area contributed by atoms with Gasteiger partial charge in [-0.05, 0) is 37.7 Å². The SMILES string of the molecule is O=CN(OCCCc1ccccc1)C1CCC1. The van der Waals surface area contributed by atoms with Crippen LogP contribution < -0.4 is 0 Å².